The highest BCUT2D eigenvalue weighted by molar-refractivity contribution is 9.10. The van der Waals surface area contributed by atoms with E-state index < -0.39 is 0 Å². The van der Waals surface area contributed by atoms with Crippen LogP contribution in [0.4, 0.5) is 0 Å². The largest absolute Gasteiger partial charge is 0.333 e. The molecule has 0 radical (unpaired) electrons. The molecule has 130 valence electrons. The number of hydrazine groups is 1. The molecule has 0 spiro atoms. The van der Waals surface area contributed by atoms with Gasteiger partial charge < -0.3 is 15.8 Å². The zero-order valence-corrected chi connectivity index (χ0v) is 15.6. The van der Waals surface area contributed by atoms with E-state index in [1.807, 2.05) is 12.1 Å². The van der Waals surface area contributed by atoms with Crippen LogP contribution >= 0.6 is 15.9 Å². The first kappa shape index (κ1) is 16.6. The number of fused-ring (bicyclic) bond motifs is 2. The summed E-state index contributed by atoms with van der Waals surface area (Å²) in [4.78, 5) is 0. The Morgan fingerprint density at radius 1 is 1.00 bits per heavy atom. The molecule has 5 nitrogen and oxygen atoms in total. The Kier molecular flexibility index (Phi) is 4.36. The number of nitrogens with zero attached hydrogens (tertiary/aromatic N) is 2. The molecule has 0 bridgehead atoms. The van der Waals surface area contributed by atoms with Crippen LogP contribution in [0.1, 0.15) is 11.3 Å². The predicted molar refractivity (Wildman–Crippen MR) is 111 cm³/mol. The van der Waals surface area contributed by atoms with Gasteiger partial charge in [0, 0.05) is 16.4 Å². The Morgan fingerprint density at radius 3 is 2.62 bits per heavy atom. The molecule has 0 atom stereocenters. The van der Waals surface area contributed by atoms with E-state index in [0.29, 0.717) is 12.4 Å². The number of hydrazone groups is 1. The minimum absolute atomic E-state index is 0.442. The van der Waals surface area contributed by atoms with E-state index >= 15 is 0 Å². The van der Waals surface area contributed by atoms with E-state index in [-0.39, 0.29) is 0 Å². The van der Waals surface area contributed by atoms with Crippen LogP contribution < -0.4 is 17.1 Å². The smallest absolute Gasteiger partial charge is 0.183 e. The Bertz CT molecular complexity index is 1120. The first-order chi connectivity index (χ1) is 12.7. The molecule has 0 aliphatic rings. The molecule has 3 aromatic carbocycles. The molecule has 0 aliphatic carbocycles. The maximum absolute atomic E-state index is 5.64. The van der Waals surface area contributed by atoms with Crippen molar-refractivity contribution in [1.82, 2.24) is 9.99 Å². The monoisotopic (exact) mass is 407 g/mol. The van der Waals surface area contributed by atoms with Crippen LogP contribution in [0.5, 0.6) is 0 Å². The Hall–Kier alpha value is -2.83. The van der Waals surface area contributed by atoms with Gasteiger partial charge >= 0.3 is 0 Å². The zero-order chi connectivity index (χ0) is 18.1. The summed E-state index contributed by atoms with van der Waals surface area (Å²) >= 11 is 3.56. The summed E-state index contributed by atoms with van der Waals surface area (Å²) in [5.41, 5.74) is 5.74. The highest BCUT2D eigenvalue weighted by atomic mass is 79.9. The summed E-state index contributed by atoms with van der Waals surface area (Å²) in [6.07, 6.45) is 0. The molecule has 4 rings (SSSR count). The number of amidine groups is 1. The summed E-state index contributed by atoms with van der Waals surface area (Å²) in [7, 11) is 0. The van der Waals surface area contributed by atoms with E-state index in [2.05, 4.69) is 85.6 Å². The molecular formula is C20H18BrN5. The van der Waals surface area contributed by atoms with E-state index in [1.165, 1.54) is 16.3 Å². The van der Waals surface area contributed by atoms with Crippen molar-refractivity contribution in [3.05, 3.63) is 82.5 Å². The van der Waals surface area contributed by atoms with Crippen molar-refractivity contribution in [2.24, 2.45) is 16.8 Å². The molecule has 0 saturated heterocycles. The van der Waals surface area contributed by atoms with E-state index in [1.54, 1.807) is 0 Å². The molecule has 1 aromatic heterocycles. The highest BCUT2D eigenvalue weighted by Crippen LogP contribution is 2.27. The molecular weight excluding hydrogens is 390 g/mol. The summed E-state index contributed by atoms with van der Waals surface area (Å²) in [5.74, 6) is 11.6. The van der Waals surface area contributed by atoms with Crippen molar-refractivity contribution >= 4 is 43.4 Å². The molecule has 0 unspecified atom stereocenters. The van der Waals surface area contributed by atoms with Crippen LogP contribution in [0.25, 0.3) is 21.7 Å². The van der Waals surface area contributed by atoms with E-state index in [9.17, 15) is 0 Å². The third-order valence-corrected chi connectivity index (χ3v) is 5.08. The zero-order valence-electron chi connectivity index (χ0n) is 14.0. The maximum Gasteiger partial charge on any atom is 0.183 e. The van der Waals surface area contributed by atoms with Gasteiger partial charge in [-0.1, -0.05) is 64.5 Å². The van der Waals surface area contributed by atoms with Crippen molar-refractivity contribution in [3.8, 4) is 0 Å². The molecule has 0 saturated carbocycles. The number of nitrogens with two attached hydrogens (primary N) is 2. The van der Waals surface area contributed by atoms with Crippen molar-refractivity contribution in [2.75, 3.05) is 0 Å². The number of halogens is 1. The molecule has 1 heterocycles. The van der Waals surface area contributed by atoms with Gasteiger partial charge in [0.15, 0.2) is 5.84 Å². The van der Waals surface area contributed by atoms with Crippen molar-refractivity contribution in [1.29, 1.82) is 0 Å². The van der Waals surface area contributed by atoms with Gasteiger partial charge in [-0.2, -0.15) is 5.10 Å². The minimum atomic E-state index is 0.442. The lowest BCUT2D eigenvalue weighted by Crippen LogP contribution is -2.33. The van der Waals surface area contributed by atoms with Gasteiger partial charge in [-0.25, -0.2) is 5.84 Å². The Balaban J connectivity index is 1.94. The van der Waals surface area contributed by atoms with Gasteiger partial charge in [-0.3, -0.25) is 0 Å². The molecule has 6 heteroatoms. The van der Waals surface area contributed by atoms with Crippen LogP contribution in [-0.4, -0.2) is 10.4 Å². The quantitative estimate of drug-likeness (QED) is 0.209. The second kappa shape index (κ2) is 6.82. The van der Waals surface area contributed by atoms with Gasteiger partial charge in [-0.15, -0.1) is 0 Å². The topological polar surface area (TPSA) is 81.4 Å². The van der Waals surface area contributed by atoms with Crippen molar-refractivity contribution in [3.63, 3.8) is 0 Å². The number of benzene rings is 3. The number of hydrogen-bond acceptors (Lipinski definition) is 3. The second-order valence-electron chi connectivity index (χ2n) is 6.08. The number of rotatable bonds is 3. The van der Waals surface area contributed by atoms with Crippen LogP contribution in [-0.2, 0) is 6.54 Å². The Morgan fingerprint density at radius 2 is 1.81 bits per heavy atom. The molecule has 5 N–H and O–H groups in total. The molecule has 26 heavy (non-hydrogen) atoms. The van der Waals surface area contributed by atoms with E-state index in [4.69, 9.17) is 11.7 Å². The van der Waals surface area contributed by atoms with Gasteiger partial charge in [0.2, 0.25) is 0 Å². The highest BCUT2D eigenvalue weighted by Gasteiger charge is 2.15. The van der Waals surface area contributed by atoms with Gasteiger partial charge in [0.1, 0.15) is 0 Å². The van der Waals surface area contributed by atoms with Crippen LogP contribution in [0.3, 0.4) is 0 Å². The number of hydrogen-bond donors (Lipinski definition) is 3. The summed E-state index contributed by atoms with van der Waals surface area (Å²) in [5, 5.41) is 7.35. The van der Waals surface area contributed by atoms with Gasteiger partial charge in [0.25, 0.3) is 0 Å². The van der Waals surface area contributed by atoms with Crippen LogP contribution in [0.15, 0.2) is 76.3 Å². The number of aromatic nitrogens is 1. The average Bonchev–Trinajstić information content (AvgIpc) is 3.01. The first-order valence-electron chi connectivity index (χ1n) is 8.21. The average molecular weight is 408 g/mol. The third kappa shape index (κ3) is 2.83. The molecule has 0 fully saturated rings. The second-order valence-corrected chi connectivity index (χ2v) is 6.99. The molecule has 4 aromatic rings. The standard InChI is InChI=1S/C20H18BrN5/c21-16-9-8-14-10-19(20(24-22)25-23)26(18(14)11-16)12-15-6-3-5-13-4-1-2-7-17(13)15/h1-11H,12,22-23H2,(H,24,25). The van der Waals surface area contributed by atoms with Crippen molar-refractivity contribution < 1.29 is 0 Å². The summed E-state index contributed by atoms with van der Waals surface area (Å²) in [6, 6.07) is 22.9. The normalized spacial score (nSPS) is 12.0. The SMILES string of the molecule is N/N=C(\NN)c1cc2ccc(Br)cc2n1Cc1cccc2ccccc12. The fourth-order valence-electron chi connectivity index (χ4n) is 3.37. The first-order valence-corrected chi connectivity index (χ1v) is 9.01. The lowest BCUT2D eigenvalue weighted by atomic mass is 10.0. The lowest BCUT2D eigenvalue weighted by molar-refractivity contribution is 0.821. The Labute approximate surface area is 159 Å². The van der Waals surface area contributed by atoms with Crippen LogP contribution in [0, 0.1) is 0 Å². The fraction of sp³-hybridized carbons (Fsp3) is 0.0500. The summed E-state index contributed by atoms with van der Waals surface area (Å²) in [6.45, 7) is 0.678. The third-order valence-electron chi connectivity index (χ3n) is 4.58. The summed E-state index contributed by atoms with van der Waals surface area (Å²) < 4.78 is 3.19. The lowest BCUT2D eigenvalue weighted by Gasteiger charge is -2.14. The molecule has 0 amide bonds. The van der Waals surface area contributed by atoms with Crippen LogP contribution in [0.2, 0.25) is 0 Å². The minimum Gasteiger partial charge on any atom is -0.333 e. The van der Waals surface area contributed by atoms with Gasteiger partial charge in [-0.05, 0) is 34.5 Å². The maximum atomic E-state index is 5.64. The van der Waals surface area contributed by atoms with Crippen molar-refractivity contribution in [2.45, 2.75) is 6.54 Å². The van der Waals surface area contributed by atoms with Gasteiger partial charge in [0.05, 0.1) is 11.2 Å². The van der Waals surface area contributed by atoms with E-state index in [0.717, 1.165) is 21.1 Å². The molecule has 0 aliphatic heterocycles. The fourth-order valence-corrected chi connectivity index (χ4v) is 3.72. The predicted octanol–water partition coefficient (Wildman–Crippen LogP) is 3.69. The number of nitrogens with one attached hydrogen (secondary N) is 1.